The first kappa shape index (κ1) is 16.6. The molecule has 0 amide bonds. The maximum Gasteiger partial charge on any atom is 0.258 e. The van der Waals surface area contributed by atoms with E-state index in [1.807, 2.05) is 18.2 Å². The molecule has 1 aromatic carbocycles. The molecule has 0 saturated heterocycles. The van der Waals surface area contributed by atoms with Gasteiger partial charge in [-0.25, -0.2) is 4.98 Å². The third-order valence-electron chi connectivity index (χ3n) is 3.85. The van der Waals surface area contributed by atoms with Gasteiger partial charge >= 0.3 is 0 Å². The monoisotopic (exact) mass is 303 g/mol. The van der Waals surface area contributed by atoms with Crippen LogP contribution in [0.3, 0.4) is 0 Å². The summed E-state index contributed by atoms with van der Waals surface area (Å²) in [5.41, 5.74) is 0.662. The SMILES string of the molecule is CC(C)N(CCCCCO)Cc1nc2ccccc2c(=O)[nH]1. The lowest BCUT2D eigenvalue weighted by Gasteiger charge is -2.25. The normalized spacial score (nSPS) is 11.7. The molecule has 0 saturated carbocycles. The molecule has 0 atom stereocenters. The predicted molar refractivity (Wildman–Crippen MR) is 88.8 cm³/mol. The topological polar surface area (TPSA) is 69.2 Å². The van der Waals surface area contributed by atoms with Gasteiger partial charge in [0.1, 0.15) is 5.82 Å². The Bertz CT molecular complexity index is 652. The smallest absolute Gasteiger partial charge is 0.258 e. The summed E-state index contributed by atoms with van der Waals surface area (Å²) in [5.74, 6) is 0.708. The molecule has 0 unspecified atom stereocenters. The standard InChI is InChI=1S/C17H25N3O2/c1-13(2)20(10-6-3-7-11-21)12-16-18-15-9-5-4-8-14(15)17(22)19-16/h4-5,8-9,13,21H,3,6-7,10-12H2,1-2H3,(H,18,19,22). The van der Waals surface area contributed by atoms with Crippen molar-refractivity contribution in [1.29, 1.82) is 0 Å². The number of hydrogen-bond acceptors (Lipinski definition) is 4. The van der Waals surface area contributed by atoms with Crippen LogP contribution in [0.2, 0.25) is 0 Å². The van der Waals surface area contributed by atoms with Crippen LogP contribution in [0.15, 0.2) is 29.1 Å². The van der Waals surface area contributed by atoms with Gasteiger partial charge in [-0.3, -0.25) is 9.69 Å². The van der Waals surface area contributed by atoms with Crippen LogP contribution in [-0.2, 0) is 6.54 Å². The van der Waals surface area contributed by atoms with E-state index < -0.39 is 0 Å². The maximum absolute atomic E-state index is 12.1. The molecular formula is C17H25N3O2. The van der Waals surface area contributed by atoms with Gasteiger partial charge in [0.2, 0.25) is 0 Å². The van der Waals surface area contributed by atoms with Gasteiger partial charge in [-0.05, 0) is 51.8 Å². The van der Waals surface area contributed by atoms with E-state index in [2.05, 4.69) is 28.7 Å². The number of aliphatic hydroxyl groups excluding tert-OH is 1. The van der Waals surface area contributed by atoms with E-state index in [1.165, 1.54) is 0 Å². The molecule has 0 aliphatic heterocycles. The van der Waals surface area contributed by atoms with Gasteiger partial charge in [-0.2, -0.15) is 0 Å². The average Bonchev–Trinajstić information content (AvgIpc) is 2.50. The molecule has 2 rings (SSSR count). The number of aromatic amines is 1. The Kier molecular flexibility index (Phi) is 6.10. The summed E-state index contributed by atoms with van der Waals surface area (Å²) >= 11 is 0. The molecule has 0 bridgehead atoms. The summed E-state index contributed by atoms with van der Waals surface area (Å²) in [5, 5.41) is 9.47. The fourth-order valence-electron chi connectivity index (χ4n) is 2.53. The van der Waals surface area contributed by atoms with E-state index in [-0.39, 0.29) is 12.2 Å². The highest BCUT2D eigenvalue weighted by Crippen LogP contribution is 2.10. The van der Waals surface area contributed by atoms with E-state index in [1.54, 1.807) is 6.07 Å². The Labute approximate surface area is 131 Å². The van der Waals surface area contributed by atoms with Gasteiger partial charge in [0.15, 0.2) is 0 Å². The van der Waals surface area contributed by atoms with E-state index >= 15 is 0 Å². The minimum atomic E-state index is -0.0791. The highest BCUT2D eigenvalue weighted by atomic mass is 16.2. The minimum Gasteiger partial charge on any atom is -0.396 e. The fraction of sp³-hybridized carbons (Fsp3) is 0.529. The van der Waals surface area contributed by atoms with E-state index in [4.69, 9.17) is 5.11 Å². The van der Waals surface area contributed by atoms with Crippen LogP contribution < -0.4 is 5.56 Å². The second kappa shape index (κ2) is 8.06. The zero-order chi connectivity index (χ0) is 15.9. The summed E-state index contributed by atoms with van der Waals surface area (Å²) in [6, 6.07) is 7.79. The summed E-state index contributed by atoms with van der Waals surface area (Å²) in [7, 11) is 0. The van der Waals surface area contributed by atoms with E-state index in [0.29, 0.717) is 23.8 Å². The number of fused-ring (bicyclic) bond motifs is 1. The number of hydrogen-bond donors (Lipinski definition) is 2. The second-order valence-corrected chi connectivity index (χ2v) is 5.88. The first-order valence-corrected chi connectivity index (χ1v) is 7.94. The zero-order valence-corrected chi connectivity index (χ0v) is 13.4. The Morgan fingerprint density at radius 2 is 2.00 bits per heavy atom. The van der Waals surface area contributed by atoms with Crippen molar-refractivity contribution in [1.82, 2.24) is 14.9 Å². The number of H-pyrrole nitrogens is 1. The molecule has 2 aromatic rings. The number of nitrogens with zero attached hydrogens (tertiary/aromatic N) is 2. The molecule has 120 valence electrons. The first-order valence-electron chi connectivity index (χ1n) is 7.94. The molecule has 5 heteroatoms. The van der Waals surface area contributed by atoms with Crippen LogP contribution in [-0.4, -0.2) is 39.2 Å². The lowest BCUT2D eigenvalue weighted by atomic mass is 10.2. The molecule has 0 aliphatic rings. The number of unbranched alkanes of at least 4 members (excludes halogenated alkanes) is 2. The fourth-order valence-corrected chi connectivity index (χ4v) is 2.53. The third kappa shape index (κ3) is 4.39. The highest BCUT2D eigenvalue weighted by molar-refractivity contribution is 5.77. The Morgan fingerprint density at radius 3 is 2.73 bits per heavy atom. The number of benzene rings is 1. The van der Waals surface area contributed by atoms with Gasteiger partial charge in [0.25, 0.3) is 5.56 Å². The van der Waals surface area contributed by atoms with Crippen molar-refractivity contribution in [3.05, 3.63) is 40.4 Å². The average molecular weight is 303 g/mol. The van der Waals surface area contributed by atoms with Crippen LogP contribution in [0.25, 0.3) is 10.9 Å². The number of aromatic nitrogens is 2. The van der Waals surface area contributed by atoms with Gasteiger partial charge in [-0.1, -0.05) is 12.1 Å². The molecule has 0 aliphatic carbocycles. The van der Waals surface area contributed by atoms with Crippen molar-refractivity contribution in [3.8, 4) is 0 Å². The maximum atomic E-state index is 12.1. The van der Waals surface area contributed by atoms with Gasteiger partial charge in [0, 0.05) is 12.6 Å². The lowest BCUT2D eigenvalue weighted by Crippen LogP contribution is -2.32. The van der Waals surface area contributed by atoms with Crippen molar-refractivity contribution in [2.45, 2.75) is 45.7 Å². The van der Waals surface area contributed by atoms with Crippen LogP contribution in [0.4, 0.5) is 0 Å². The zero-order valence-electron chi connectivity index (χ0n) is 13.4. The van der Waals surface area contributed by atoms with Crippen LogP contribution in [0.5, 0.6) is 0 Å². The summed E-state index contributed by atoms with van der Waals surface area (Å²) in [6.07, 6.45) is 2.90. The number of para-hydroxylation sites is 1. The van der Waals surface area contributed by atoms with Gasteiger partial charge in [0.05, 0.1) is 17.4 Å². The molecule has 0 radical (unpaired) electrons. The van der Waals surface area contributed by atoms with Crippen molar-refractivity contribution < 1.29 is 5.11 Å². The Hall–Kier alpha value is -1.72. The molecule has 5 nitrogen and oxygen atoms in total. The van der Waals surface area contributed by atoms with E-state index in [9.17, 15) is 4.79 Å². The first-order chi connectivity index (χ1) is 10.6. The molecule has 22 heavy (non-hydrogen) atoms. The number of rotatable bonds is 8. The van der Waals surface area contributed by atoms with Gasteiger partial charge in [-0.15, -0.1) is 0 Å². The van der Waals surface area contributed by atoms with Crippen molar-refractivity contribution in [2.24, 2.45) is 0 Å². The molecule has 1 heterocycles. The molecule has 2 N–H and O–H groups in total. The van der Waals surface area contributed by atoms with Crippen molar-refractivity contribution in [2.75, 3.05) is 13.2 Å². The summed E-state index contributed by atoms with van der Waals surface area (Å²) in [6.45, 7) is 6.11. The third-order valence-corrected chi connectivity index (χ3v) is 3.85. The molecule has 1 aromatic heterocycles. The van der Waals surface area contributed by atoms with Crippen LogP contribution in [0, 0.1) is 0 Å². The largest absolute Gasteiger partial charge is 0.396 e. The summed E-state index contributed by atoms with van der Waals surface area (Å²) in [4.78, 5) is 21.9. The Balaban J connectivity index is 2.11. The van der Waals surface area contributed by atoms with Crippen LogP contribution >= 0.6 is 0 Å². The minimum absolute atomic E-state index is 0.0791. The predicted octanol–water partition coefficient (Wildman–Crippen LogP) is 2.30. The second-order valence-electron chi connectivity index (χ2n) is 5.88. The lowest BCUT2D eigenvalue weighted by molar-refractivity contribution is 0.199. The van der Waals surface area contributed by atoms with Crippen molar-refractivity contribution >= 4 is 10.9 Å². The molecule has 0 fully saturated rings. The van der Waals surface area contributed by atoms with Crippen molar-refractivity contribution in [3.63, 3.8) is 0 Å². The van der Waals surface area contributed by atoms with Gasteiger partial charge < -0.3 is 10.1 Å². The number of aliphatic hydroxyl groups is 1. The van der Waals surface area contributed by atoms with E-state index in [0.717, 1.165) is 31.3 Å². The number of nitrogens with one attached hydrogen (secondary N) is 1. The summed E-state index contributed by atoms with van der Waals surface area (Å²) < 4.78 is 0. The quantitative estimate of drug-likeness (QED) is 0.734. The molecular weight excluding hydrogens is 278 g/mol. The Morgan fingerprint density at radius 1 is 1.23 bits per heavy atom. The molecule has 0 spiro atoms. The highest BCUT2D eigenvalue weighted by Gasteiger charge is 2.12. The van der Waals surface area contributed by atoms with Crippen LogP contribution in [0.1, 0.15) is 38.9 Å².